The lowest BCUT2D eigenvalue weighted by Gasteiger charge is -2.09. The van der Waals surface area contributed by atoms with E-state index < -0.39 is 0 Å². The van der Waals surface area contributed by atoms with Gasteiger partial charge in [0.25, 0.3) is 5.56 Å². The van der Waals surface area contributed by atoms with Gasteiger partial charge in [-0.25, -0.2) is 13.9 Å². The van der Waals surface area contributed by atoms with Crippen LogP contribution < -0.4 is 11.2 Å². The van der Waals surface area contributed by atoms with Crippen molar-refractivity contribution in [3.05, 3.63) is 66.6 Å². The normalized spacial score (nSPS) is 11.8. The van der Waals surface area contributed by atoms with Crippen LogP contribution >= 0.6 is 27.3 Å². The molecule has 8 heteroatoms. The van der Waals surface area contributed by atoms with Gasteiger partial charge < -0.3 is 0 Å². The molecule has 0 fully saturated rings. The summed E-state index contributed by atoms with van der Waals surface area (Å²) in [4.78, 5) is 25.9. The second-order valence-corrected chi connectivity index (χ2v) is 8.48. The zero-order valence-electron chi connectivity index (χ0n) is 14.3. The average Bonchev–Trinajstić information content (AvgIpc) is 3.17. The van der Waals surface area contributed by atoms with Crippen LogP contribution in [0.5, 0.6) is 0 Å². The highest BCUT2D eigenvalue weighted by Gasteiger charge is 2.18. The lowest BCUT2D eigenvalue weighted by molar-refractivity contribution is 0.516. The zero-order chi connectivity index (χ0) is 18.4. The fourth-order valence-corrected chi connectivity index (χ4v) is 4.35. The van der Waals surface area contributed by atoms with Gasteiger partial charge in [0.1, 0.15) is 4.70 Å². The first-order valence-electron chi connectivity index (χ1n) is 8.29. The molecule has 0 amide bonds. The smallest absolute Gasteiger partial charge is 0.275 e. The van der Waals surface area contributed by atoms with Crippen molar-refractivity contribution in [2.24, 2.45) is 5.92 Å². The molecule has 26 heavy (non-hydrogen) atoms. The molecular formula is C18H17BrN4O2S. The highest BCUT2D eigenvalue weighted by atomic mass is 79.9. The molecule has 3 heterocycles. The number of halogens is 1. The molecule has 6 nitrogen and oxygen atoms in total. The molecule has 0 spiro atoms. The number of benzene rings is 1. The minimum Gasteiger partial charge on any atom is -0.275 e. The molecule has 134 valence electrons. The Morgan fingerprint density at radius 2 is 2.04 bits per heavy atom. The molecule has 0 aliphatic carbocycles. The first-order valence-corrected chi connectivity index (χ1v) is 9.97. The van der Waals surface area contributed by atoms with Crippen LogP contribution in [0.1, 0.15) is 19.4 Å². The molecule has 0 bridgehead atoms. The SMILES string of the molecule is CC(C)Cn1c(=O)c2sccc2n2c(=O)n(Cc3cccc(Br)c3)nc12. The van der Waals surface area contributed by atoms with E-state index in [9.17, 15) is 9.59 Å². The second kappa shape index (κ2) is 6.51. The molecule has 0 aliphatic heterocycles. The highest BCUT2D eigenvalue weighted by Crippen LogP contribution is 2.18. The summed E-state index contributed by atoms with van der Waals surface area (Å²) in [5.74, 6) is 0.661. The Balaban J connectivity index is 1.98. The van der Waals surface area contributed by atoms with Gasteiger partial charge in [-0.05, 0) is 35.1 Å². The molecule has 4 aromatic rings. The number of thiophene rings is 1. The molecule has 0 aliphatic rings. The summed E-state index contributed by atoms with van der Waals surface area (Å²) >= 11 is 4.80. The van der Waals surface area contributed by atoms with E-state index >= 15 is 0 Å². The number of hydrogen-bond donors (Lipinski definition) is 0. The van der Waals surface area contributed by atoms with Gasteiger partial charge >= 0.3 is 5.69 Å². The van der Waals surface area contributed by atoms with Gasteiger partial charge in [0.2, 0.25) is 5.78 Å². The number of fused-ring (bicyclic) bond motifs is 3. The molecule has 3 aromatic heterocycles. The van der Waals surface area contributed by atoms with E-state index in [0.29, 0.717) is 29.1 Å². The molecule has 0 unspecified atom stereocenters. The second-order valence-electron chi connectivity index (χ2n) is 6.65. The summed E-state index contributed by atoms with van der Waals surface area (Å²) in [6.07, 6.45) is 0. The third kappa shape index (κ3) is 2.83. The standard InChI is InChI=1S/C18H17BrN4O2S/c1-11(2)9-21-16(24)15-14(6-7-26-15)23-17(21)20-22(18(23)25)10-12-4-3-5-13(19)8-12/h3-8,11H,9-10H2,1-2H3. The molecule has 0 atom stereocenters. The highest BCUT2D eigenvalue weighted by molar-refractivity contribution is 9.10. The summed E-state index contributed by atoms with van der Waals surface area (Å²) in [7, 11) is 0. The van der Waals surface area contributed by atoms with E-state index in [-0.39, 0.29) is 17.2 Å². The van der Waals surface area contributed by atoms with Crippen LogP contribution in [0.15, 0.2) is 49.8 Å². The van der Waals surface area contributed by atoms with Gasteiger partial charge in [0.15, 0.2) is 0 Å². The van der Waals surface area contributed by atoms with Crippen molar-refractivity contribution < 1.29 is 0 Å². The molecule has 0 saturated heterocycles. The van der Waals surface area contributed by atoms with Crippen LogP contribution in [-0.2, 0) is 13.1 Å². The Morgan fingerprint density at radius 1 is 1.23 bits per heavy atom. The van der Waals surface area contributed by atoms with Gasteiger partial charge in [0.05, 0.1) is 12.1 Å². The van der Waals surface area contributed by atoms with Gasteiger partial charge in [-0.15, -0.1) is 16.4 Å². The van der Waals surface area contributed by atoms with Crippen molar-refractivity contribution in [3.63, 3.8) is 0 Å². The third-order valence-electron chi connectivity index (χ3n) is 4.16. The lowest BCUT2D eigenvalue weighted by atomic mass is 10.2. The van der Waals surface area contributed by atoms with E-state index in [1.165, 1.54) is 16.0 Å². The van der Waals surface area contributed by atoms with Crippen LogP contribution in [0.2, 0.25) is 0 Å². The van der Waals surface area contributed by atoms with Crippen molar-refractivity contribution >= 4 is 43.3 Å². The zero-order valence-corrected chi connectivity index (χ0v) is 16.7. The van der Waals surface area contributed by atoms with E-state index in [4.69, 9.17) is 0 Å². The fraction of sp³-hybridized carbons (Fsp3) is 0.278. The maximum atomic E-state index is 13.0. The number of aromatic nitrogens is 4. The molecule has 0 saturated carbocycles. The minimum absolute atomic E-state index is 0.0872. The Kier molecular flexibility index (Phi) is 4.32. The maximum absolute atomic E-state index is 13.0. The van der Waals surface area contributed by atoms with Gasteiger partial charge in [0, 0.05) is 11.0 Å². The number of nitrogens with zero attached hydrogens (tertiary/aromatic N) is 4. The van der Waals surface area contributed by atoms with E-state index in [1.54, 1.807) is 15.0 Å². The largest absolute Gasteiger partial charge is 0.352 e. The van der Waals surface area contributed by atoms with E-state index in [2.05, 4.69) is 21.0 Å². The molecule has 1 aromatic carbocycles. The van der Waals surface area contributed by atoms with Crippen molar-refractivity contribution in [3.8, 4) is 0 Å². The first-order chi connectivity index (χ1) is 12.5. The van der Waals surface area contributed by atoms with Crippen molar-refractivity contribution in [1.82, 2.24) is 18.7 Å². The predicted octanol–water partition coefficient (Wildman–Crippen LogP) is 3.34. The quantitative estimate of drug-likeness (QED) is 0.496. The fourth-order valence-electron chi connectivity index (χ4n) is 3.07. The average molecular weight is 433 g/mol. The van der Waals surface area contributed by atoms with Gasteiger partial charge in [-0.2, -0.15) is 0 Å². The monoisotopic (exact) mass is 432 g/mol. The van der Waals surface area contributed by atoms with Crippen LogP contribution in [0.3, 0.4) is 0 Å². The Hall–Kier alpha value is -2.19. The minimum atomic E-state index is -0.235. The van der Waals surface area contributed by atoms with Crippen LogP contribution in [0.4, 0.5) is 0 Å². The lowest BCUT2D eigenvalue weighted by Crippen LogP contribution is -2.27. The Bertz CT molecular complexity index is 1230. The Labute approximate surface area is 161 Å². The summed E-state index contributed by atoms with van der Waals surface area (Å²) in [5, 5.41) is 6.34. The van der Waals surface area contributed by atoms with Crippen molar-refractivity contribution in [2.45, 2.75) is 26.9 Å². The number of hydrogen-bond acceptors (Lipinski definition) is 4. The van der Waals surface area contributed by atoms with E-state index in [0.717, 1.165) is 10.0 Å². The summed E-state index contributed by atoms with van der Waals surface area (Å²) in [6.45, 7) is 4.95. The predicted molar refractivity (Wildman–Crippen MR) is 107 cm³/mol. The third-order valence-corrected chi connectivity index (χ3v) is 5.54. The molecule has 0 radical (unpaired) electrons. The summed E-state index contributed by atoms with van der Waals surface area (Å²) < 4.78 is 6.12. The van der Waals surface area contributed by atoms with Crippen LogP contribution in [0, 0.1) is 5.92 Å². The molecular weight excluding hydrogens is 416 g/mol. The topological polar surface area (TPSA) is 61.3 Å². The molecule has 4 rings (SSSR count). The first kappa shape index (κ1) is 17.2. The van der Waals surface area contributed by atoms with Crippen molar-refractivity contribution in [1.29, 1.82) is 0 Å². The van der Waals surface area contributed by atoms with Gasteiger partial charge in [-0.3, -0.25) is 9.36 Å². The molecule has 0 N–H and O–H groups in total. The summed E-state index contributed by atoms with van der Waals surface area (Å²) in [6, 6.07) is 9.57. The van der Waals surface area contributed by atoms with Gasteiger partial charge in [-0.1, -0.05) is 41.9 Å². The maximum Gasteiger partial charge on any atom is 0.352 e. The van der Waals surface area contributed by atoms with Crippen molar-refractivity contribution in [2.75, 3.05) is 0 Å². The Morgan fingerprint density at radius 3 is 2.77 bits per heavy atom. The van der Waals surface area contributed by atoms with Crippen LogP contribution in [0.25, 0.3) is 16.0 Å². The van der Waals surface area contributed by atoms with E-state index in [1.807, 2.05) is 43.5 Å². The van der Waals surface area contributed by atoms with Crippen LogP contribution in [-0.4, -0.2) is 18.7 Å². The number of rotatable bonds is 4. The summed E-state index contributed by atoms with van der Waals surface area (Å²) in [5.41, 5.74) is 1.27.